The Morgan fingerprint density at radius 3 is 2.60 bits per heavy atom. The van der Waals surface area contributed by atoms with E-state index < -0.39 is 4.92 Å². The molecule has 1 atom stereocenters. The lowest BCUT2D eigenvalue weighted by Crippen LogP contribution is -2.31. The molecule has 6 nitrogen and oxygen atoms in total. The first-order valence-corrected chi connectivity index (χ1v) is 6.72. The van der Waals surface area contributed by atoms with Crippen molar-refractivity contribution in [1.82, 2.24) is 5.32 Å². The molecule has 7 heteroatoms. The van der Waals surface area contributed by atoms with E-state index in [9.17, 15) is 14.9 Å². The molecule has 0 saturated carbocycles. The lowest BCUT2D eigenvalue weighted by atomic mass is 10.1. The number of nitro groups is 1. The Bertz CT molecular complexity index is 612. The van der Waals surface area contributed by atoms with Crippen LogP contribution in [0.15, 0.2) is 42.5 Å². The topological polar surface area (TPSA) is 98.3 Å². The first-order chi connectivity index (χ1) is 9.58. The van der Waals surface area contributed by atoms with Gasteiger partial charge in [-0.15, -0.1) is 0 Å². The van der Waals surface area contributed by atoms with Crippen molar-refractivity contribution in [3.8, 4) is 0 Å². The lowest BCUT2D eigenvalue weighted by molar-refractivity contribution is -0.380. The zero-order chi connectivity index (χ0) is 14.5. The van der Waals surface area contributed by atoms with Crippen molar-refractivity contribution in [2.45, 2.75) is 6.04 Å². The number of hydrogen-bond donors (Lipinski definition) is 2. The van der Waals surface area contributed by atoms with E-state index in [1.807, 2.05) is 30.3 Å². The molecule has 1 aromatic carbocycles. The predicted molar refractivity (Wildman–Crippen MR) is 76.7 cm³/mol. The van der Waals surface area contributed by atoms with Gasteiger partial charge in [0.25, 0.3) is 5.91 Å². The molecule has 2 aromatic rings. The van der Waals surface area contributed by atoms with Crippen molar-refractivity contribution < 1.29 is 9.72 Å². The molecule has 0 radical (unpaired) electrons. The highest BCUT2D eigenvalue weighted by atomic mass is 32.1. The summed E-state index contributed by atoms with van der Waals surface area (Å²) in [7, 11) is 0. The molecule has 1 aromatic heterocycles. The first kappa shape index (κ1) is 14.2. The van der Waals surface area contributed by atoms with Gasteiger partial charge < -0.3 is 11.1 Å². The van der Waals surface area contributed by atoms with Gasteiger partial charge in [-0.2, -0.15) is 0 Å². The summed E-state index contributed by atoms with van der Waals surface area (Å²) in [6.07, 6.45) is 0. The Morgan fingerprint density at radius 1 is 1.30 bits per heavy atom. The fraction of sp³-hybridized carbons (Fsp3) is 0.154. The molecule has 1 amide bonds. The van der Waals surface area contributed by atoms with Gasteiger partial charge in [0.1, 0.15) is 0 Å². The standard InChI is InChI=1S/C13H13N3O3S/c14-10(9-4-2-1-3-5-9)8-15-13(17)11-6-7-12(20-11)16(18)19/h1-7,10H,8,14H2,(H,15,17). The van der Waals surface area contributed by atoms with Crippen molar-refractivity contribution in [3.63, 3.8) is 0 Å². The van der Waals surface area contributed by atoms with Crippen molar-refractivity contribution >= 4 is 22.2 Å². The van der Waals surface area contributed by atoms with Crippen LogP contribution >= 0.6 is 11.3 Å². The van der Waals surface area contributed by atoms with E-state index in [2.05, 4.69) is 5.32 Å². The number of nitrogens with two attached hydrogens (primary N) is 1. The number of benzene rings is 1. The Kier molecular flexibility index (Phi) is 4.44. The number of rotatable bonds is 5. The number of nitrogens with one attached hydrogen (secondary N) is 1. The zero-order valence-electron chi connectivity index (χ0n) is 10.5. The Balaban J connectivity index is 1.93. The number of carbonyl (C=O) groups excluding carboxylic acids is 1. The molecule has 1 heterocycles. The van der Waals surface area contributed by atoms with Gasteiger partial charge in [0.2, 0.25) is 0 Å². The van der Waals surface area contributed by atoms with E-state index >= 15 is 0 Å². The molecule has 20 heavy (non-hydrogen) atoms. The molecule has 3 N–H and O–H groups in total. The monoisotopic (exact) mass is 291 g/mol. The van der Waals surface area contributed by atoms with Crippen molar-refractivity contribution in [1.29, 1.82) is 0 Å². The van der Waals surface area contributed by atoms with Crippen LogP contribution in [0, 0.1) is 10.1 Å². The minimum Gasteiger partial charge on any atom is -0.349 e. The molecule has 1 unspecified atom stereocenters. The molecule has 0 saturated heterocycles. The molecule has 0 bridgehead atoms. The highest BCUT2D eigenvalue weighted by Crippen LogP contribution is 2.23. The molecule has 0 spiro atoms. The predicted octanol–water partition coefficient (Wildman–Crippen LogP) is 2.09. The maximum absolute atomic E-state index is 11.8. The second kappa shape index (κ2) is 6.27. The van der Waals surface area contributed by atoms with E-state index in [-0.39, 0.29) is 23.5 Å². The second-order valence-corrected chi connectivity index (χ2v) is 5.18. The van der Waals surface area contributed by atoms with E-state index in [1.54, 1.807) is 0 Å². The van der Waals surface area contributed by atoms with Crippen LogP contribution in [0.4, 0.5) is 5.00 Å². The molecule has 0 fully saturated rings. The number of hydrogen-bond acceptors (Lipinski definition) is 5. The van der Waals surface area contributed by atoms with Crippen LogP contribution < -0.4 is 11.1 Å². The highest BCUT2D eigenvalue weighted by molar-refractivity contribution is 7.17. The molecule has 0 aliphatic carbocycles. The molecule has 2 rings (SSSR count). The summed E-state index contributed by atoms with van der Waals surface area (Å²) in [5, 5.41) is 13.2. The quantitative estimate of drug-likeness (QED) is 0.651. The summed E-state index contributed by atoms with van der Waals surface area (Å²) < 4.78 is 0. The van der Waals surface area contributed by atoms with E-state index in [1.165, 1.54) is 12.1 Å². The van der Waals surface area contributed by atoms with Crippen molar-refractivity contribution in [3.05, 3.63) is 63.0 Å². The number of nitrogens with zero attached hydrogens (tertiary/aromatic N) is 1. The Hall–Kier alpha value is -2.25. The van der Waals surface area contributed by atoms with Crippen LogP contribution in [-0.2, 0) is 0 Å². The summed E-state index contributed by atoms with van der Waals surface area (Å²) >= 11 is 0.845. The summed E-state index contributed by atoms with van der Waals surface area (Å²) in [6, 6.07) is 11.8. The summed E-state index contributed by atoms with van der Waals surface area (Å²) in [5.41, 5.74) is 6.88. The molecule has 0 aliphatic rings. The Labute approximate surface area is 119 Å². The van der Waals surface area contributed by atoms with Crippen LogP contribution in [0.2, 0.25) is 0 Å². The van der Waals surface area contributed by atoms with Crippen LogP contribution in [0.25, 0.3) is 0 Å². The maximum atomic E-state index is 11.8. The first-order valence-electron chi connectivity index (χ1n) is 5.91. The van der Waals surface area contributed by atoms with E-state index in [0.29, 0.717) is 4.88 Å². The molecular formula is C13H13N3O3S. The van der Waals surface area contributed by atoms with Gasteiger partial charge in [-0.1, -0.05) is 41.7 Å². The average molecular weight is 291 g/mol. The molecule has 0 aliphatic heterocycles. The van der Waals surface area contributed by atoms with Gasteiger partial charge in [-0.3, -0.25) is 14.9 Å². The Morgan fingerprint density at radius 2 is 2.00 bits per heavy atom. The second-order valence-electron chi connectivity index (χ2n) is 4.12. The maximum Gasteiger partial charge on any atom is 0.324 e. The normalized spacial score (nSPS) is 11.8. The lowest BCUT2D eigenvalue weighted by Gasteiger charge is -2.12. The van der Waals surface area contributed by atoms with Crippen LogP contribution in [0.5, 0.6) is 0 Å². The fourth-order valence-electron chi connectivity index (χ4n) is 1.66. The molecule has 104 valence electrons. The van der Waals surface area contributed by atoms with Gasteiger partial charge in [-0.05, 0) is 11.6 Å². The highest BCUT2D eigenvalue weighted by Gasteiger charge is 2.16. The van der Waals surface area contributed by atoms with Crippen LogP contribution in [0.1, 0.15) is 21.3 Å². The van der Waals surface area contributed by atoms with E-state index in [0.717, 1.165) is 16.9 Å². The number of carbonyl (C=O) groups is 1. The zero-order valence-corrected chi connectivity index (χ0v) is 11.3. The largest absolute Gasteiger partial charge is 0.349 e. The third-order valence-corrected chi connectivity index (χ3v) is 3.74. The van der Waals surface area contributed by atoms with Crippen LogP contribution in [-0.4, -0.2) is 17.4 Å². The van der Waals surface area contributed by atoms with Gasteiger partial charge >= 0.3 is 5.00 Å². The van der Waals surface area contributed by atoms with Crippen LogP contribution in [0.3, 0.4) is 0 Å². The summed E-state index contributed by atoms with van der Waals surface area (Å²) in [4.78, 5) is 22.2. The third-order valence-electron chi connectivity index (χ3n) is 2.71. The third kappa shape index (κ3) is 3.40. The van der Waals surface area contributed by atoms with Gasteiger partial charge in [0.15, 0.2) is 0 Å². The van der Waals surface area contributed by atoms with Gasteiger partial charge in [0, 0.05) is 18.7 Å². The van der Waals surface area contributed by atoms with Crippen molar-refractivity contribution in [2.24, 2.45) is 5.73 Å². The number of thiophene rings is 1. The average Bonchev–Trinajstić information content (AvgIpc) is 2.95. The summed E-state index contributed by atoms with van der Waals surface area (Å²) in [5.74, 6) is -0.352. The van der Waals surface area contributed by atoms with Gasteiger partial charge in [0.05, 0.1) is 9.80 Å². The smallest absolute Gasteiger partial charge is 0.324 e. The molecular weight excluding hydrogens is 278 g/mol. The van der Waals surface area contributed by atoms with Crippen molar-refractivity contribution in [2.75, 3.05) is 6.54 Å². The summed E-state index contributed by atoms with van der Waals surface area (Å²) in [6.45, 7) is 0.272. The minimum atomic E-state index is -0.517. The number of amides is 1. The SMILES string of the molecule is NC(CNC(=O)c1ccc([N+](=O)[O-])s1)c1ccccc1. The van der Waals surface area contributed by atoms with Gasteiger partial charge in [-0.25, -0.2) is 0 Å². The van der Waals surface area contributed by atoms with E-state index in [4.69, 9.17) is 5.73 Å². The fourth-order valence-corrected chi connectivity index (χ4v) is 2.39. The minimum absolute atomic E-state index is 0.0532.